The smallest absolute Gasteiger partial charge is 0.261 e. The number of anilines is 2. The second-order valence-corrected chi connectivity index (χ2v) is 10.9. The molecule has 0 atom stereocenters. The maximum atomic E-state index is 12.7. The Balaban J connectivity index is 1.51. The minimum absolute atomic E-state index is 0.0431. The highest BCUT2D eigenvalue weighted by atomic mass is 32.2. The largest absolute Gasteiger partial charge is 0.298 e. The number of ketones is 1. The first-order valence-corrected chi connectivity index (χ1v) is 12.0. The van der Waals surface area contributed by atoms with Gasteiger partial charge in [0.05, 0.1) is 15.5 Å². The van der Waals surface area contributed by atoms with Crippen molar-refractivity contribution in [3.63, 3.8) is 0 Å². The van der Waals surface area contributed by atoms with Gasteiger partial charge in [0.25, 0.3) is 15.9 Å². The Hall–Kier alpha value is -3.04. The van der Waals surface area contributed by atoms with E-state index in [1.165, 1.54) is 29.5 Å². The van der Waals surface area contributed by atoms with Crippen LogP contribution in [0.15, 0.2) is 59.5 Å². The molecule has 3 aromatic rings. The molecule has 0 fully saturated rings. The van der Waals surface area contributed by atoms with Crippen LogP contribution in [0.5, 0.6) is 0 Å². The summed E-state index contributed by atoms with van der Waals surface area (Å²) >= 11 is 1.17. The van der Waals surface area contributed by atoms with E-state index in [2.05, 4.69) is 15.0 Å². The normalized spacial score (nSPS) is 15.2. The molecule has 9 heteroatoms. The Morgan fingerprint density at radius 2 is 1.81 bits per heavy atom. The van der Waals surface area contributed by atoms with Gasteiger partial charge in [-0.25, -0.2) is 13.4 Å². The molecule has 0 spiro atoms. The van der Waals surface area contributed by atoms with Gasteiger partial charge in [0.2, 0.25) is 0 Å². The number of nitrogens with zero attached hydrogens (tertiary/aromatic N) is 1. The van der Waals surface area contributed by atoms with E-state index in [-0.39, 0.29) is 27.3 Å². The zero-order chi connectivity index (χ0) is 22.2. The van der Waals surface area contributed by atoms with E-state index in [1.54, 1.807) is 36.4 Å². The van der Waals surface area contributed by atoms with Crippen LogP contribution in [0.4, 0.5) is 10.8 Å². The van der Waals surface area contributed by atoms with E-state index in [4.69, 9.17) is 0 Å². The summed E-state index contributed by atoms with van der Waals surface area (Å²) in [5.41, 5.74) is 1.11. The number of benzene rings is 2. The van der Waals surface area contributed by atoms with Crippen molar-refractivity contribution in [3.8, 4) is 0 Å². The molecule has 1 aliphatic carbocycles. The fraction of sp³-hybridized carbons (Fsp3) is 0.227. The van der Waals surface area contributed by atoms with Gasteiger partial charge in [0.1, 0.15) is 0 Å². The molecule has 0 unspecified atom stereocenters. The summed E-state index contributed by atoms with van der Waals surface area (Å²) < 4.78 is 27.5. The van der Waals surface area contributed by atoms with Crippen LogP contribution in [-0.2, 0) is 16.4 Å². The SMILES string of the molecule is CC1(C)CC(=O)c2sc(NC(=O)c3cccc(NS(=O)(=O)c4ccccc4)c3)nc2C1. The highest BCUT2D eigenvalue weighted by molar-refractivity contribution is 7.92. The van der Waals surface area contributed by atoms with Gasteiger partial charge in [-0.15, -0.1) is 0 Å². The summed E-state index contributed by atoms with van der Waals surface area (Å²) in [4.78, 5) is 30.2. The lowest BCUT2D eigenvalue weighted by Crippen LogP contribution is -2.26. The van der Waals surface area contributed by atoms with Crippen LogP contribution in [0.1, 0.15) is 46.0 Å². The summed E-state index contributed by atoms with van der Waals surface area (Å²) in [6, 6.07) is 14.2. The van der Waals surface area contributed by atoms with Gasteiger partial charge in [0, 0.05) is 17.7 Å². The number of hydrogen-bond donors (Lipinski definition) is 2. The van der Waals surface area contributed by atoms with Crippen LogP contribution in [0.2, 0.25) is 0 Å². The lowest BCUT2D eigenvalue weighted by molar-refractivity contribution is 0.0915. The van der Waals surface area contributed by atoms with Gasteiger partial charge in [-0.2, -0.15) is 0 Å². The first kappa shape index (κ1) is 21.2. The van der Waals surface area contributed by atoms with E-state index in [9.17, 15) is 18.0 Å². The van der Waals surface area contributed by atoms with Gasteiger partial charge in [-0.05, 0) is 42.2 Å². The lowest BCUT2D eigenvalue weighted by Gasteiger charge is -2.26. The molecule has 0 bridgehead atoms. The molecule has 4 rings (SSSR count). The molecular weight excluding hydrogens is 434 g/mol. The van der Waals surface area contributed by atoms with Crippen molar-refractivity contribution in [2.45, 2.75) is 31.6 Å². The summed E-state index contributed by atoms with van der Waals surface area (Å²) in [6.45, 7) is 4.04. The third kappa shape index (κ3) is 4.67. The highest BCUT2D eigenvalue weighted by Crippen LogP contribution is 2.38. The van der Waals surface area contributed by atoms with E-state index in [0.29, 0.717) is 28.5 Å². The van der Waals surface area contributed by atoms with Crippen molar-refractivity contribution in [2.75, 3.05) is 10.0 Å². The van der Waals surface area contributed by atoms with Crippen molar-refractivity contribution < 1.29 is 18.0 Å². The molecule has 1 aromatic heterocycles. The number of nitrogens with one attached hydrogen (secondary N) is 2. The van der Waals surface area contributed by atoms with Crippen LogP contribution < -0.4 is 10.0 Å². The molecule has 31 heavy (non-hydrogen) atoms. The van der Waals surface area contributed by atoms with Crippen molar-refractivity contribution >= 4 is 43.9 Å². The molecule has 1 heterocycles. The Morgan fingerprint density at radius 1 is 1.06 bits per heavy atom. The molecule has 0 saturated carbocycles. The standard InChI is InChI=1S/C22H21N3O4S2/c1-22(2)12-17-19(18(26)13-22)30-21(23-17)24-20(27)14-7-6-8-15(11-14)25-31(28,29)16-9-4-3-5-10-16/h3-11,25H,12-13H2,1-2H3,(H,23,24,27). The topological polar surface area (TPSA) is 105 Å². The number of fused-ring (bicyclic) bond motifs is 1. The van der Waals surface area contributed by atoms with Crippen LogP contribution in [0, 0.1) is 5.41 Å². The van der Waals surface area contributed by atoms with E-state index in [1.807, 2.05) is 13.8 Å². The number of Topliss-reactive ketones (excluding diaryl/α,β-unsaturated/α-hetero) is 1. The molecule has 7 nitrogen and oxygen atoms in total. The number of amides is 1. The van der Waals surface area contributed by atoms with Gasteiger partial charge >= 0.3 is 0 Å². The van der Waals surface area contributed by atoms with E-state index >= 15 is 0 Å². The third-order valence-corrected chi connectivity index (χ3v) is 7.34. The number of hydrogen-bond acceptors (Lipinski definition) is 6. The summed E-state index contributed by atoms with van der Waals surface area (Å²) in [5, 5.41) is 3.08. The van der Waals surface area contributed by atoms with Crippen LogP contribution in [0.25, 0.3) is 0 Å². The quantitative estimate of drug-likeness (QED) is 0.595. The van der Waals surface area contributed by atoms with Crippen molar-refractivity contribution in [3.05, 3.63) is 70.7 Å². The monoisotopic (exact) mass is 455 g/mol. The Bertz CT molecular complexity index is 1260. The molecule has 0 radical (unpaired) electrons. The fourth-order valence-corrected chi connectivity index (χ4v) is 5.47. The number of aromatic nitrogens is 1. The molecule has 2 N–H and O–H groups in total. The average Bonchev–Trinajstić information content (AvgIpc) is 3.10. The first-order valence-electron chi connectivity index (χ1n) is 9.65. The van der Waals surface area contributed by atoms with Gasteiger partial charge in [-0.1, -0.05) is 49.4 Å². The number of sulfonamides is 1. The summed E-state index contributed by atoms with van der Waals surface area (Å²) in [7, 11) is -3.76. The average molecular weight is 456 g/mol. The predicted octanol–water partition coefficient (Wildman–Crippen LogP) is 4.35. The molecule has 0 aliphatic heterocycles. The van der Waals surface area contributed by atoms with Gasteiger partial charge in [-0.3, -0.25) is 19.6 Å². The summed E-state index contributed by atoms with van der Waals surface area (Å²) in [5.74, 6) is -0.389. The second kappa shape index (κ2) is 7.90. The molecule has 0 saturated heterocycles. The van der Waals surface area contributed by atoms with Crippen LogP contribution >= 0.6 is 11.3 Å². The van der Waals surface area contributed by atoms with E-state index < -0.39 is 15.9 Å². The van der Waals surface area contributed by atoms with Gasteiger partial charge < -0.3 is 0 Å². The maximum absolute atomic E-state index is 12.7. The Labute approximate surface area is 184 Å². The predicted molar refractivity (Wildman–Crippen MR) is 120 cm³/mol. The van der Waals surface area contributed by atoms with E-state index in [0.717, 1.165) is 0 Å². The second-order valence-electron chi connectivity index (χ2n) is 8.19. The van der Waals surface area contributed by atoms with Crippen molar-refractivity contribution in [1.29, 1.82) is 0 Å². The minimum atomic E-state index is -3.76. The number of rotatable bonds is 5. The van der Waals surface area contributed by atoms with Crippen LogP contribution in [0.3, 0.4) is 0 Å². The number of carbonyl (C=O) groups excluding carboxylic acids is 2. The highest BCUT2D eigenvalue weighted by Gasteiger charge is 2.34. The lowest BCUT2D eigenvalue weighted by atomic mass is 9.78. The molecule has 160 valence electrons. The van der Waals surface area contributed by atoms with Crippen LogP contribution in [-0.4, -0.2) is 25.1 Å². The van der Waals surface area contributed by atoms with Gasteiger partial charge in [0.15, 0.2) is 10.9 Å². The molecule has 1 aliphatic rings. The van der Waals surface area contributed by atoms with Crippen molar-refractivity contribution in [1.82, 2.24) is 4.98 Å². The molecule has 2 aromatic carbocycles. The summed E-state index contributed by atoms with van der Waals surface area (Å²) in [6.07, 6.45) is 1.14. The zero-order valence-electron chi connectivity index (χ0n) is 17.0. The maximum Gasteiger partial charge on any atom is 0.261 e. The number of carbonyl (C=O) groups is 2. The Morgan fingerprint density at radius 3 is 2.55 bits per heavy atom. The minimum Gasteiger partial charge on any atom is -0.298 e. The zero-order valence-corrected chi connectivity index (χ0v) is 18.6. The fourth-order valence-electron chi connectivity index (χ4n) is 3.48. The molecular formula is C22H21N3O4S2. The molecule has 1 amide bonds. The number of thiazole rings is 1. The third-order valence-electron chi connectivity index (χ3n) is 4.89. The van der Waals surface area contributed by atoms with Crippen molar-refractivity contribution in [2.24, 2.45) is 5.41 Å². The Kier molecular flexibility index (Phi) is 5.40. The first-order chi connectivity index (χ1) is 14.6.